The Balaban J connectivity index is 1.41. The Kier molecular flexibility index (Phi) is 5.16. The van der Waals surface area contributed by atoms with Gasteiger partial charge in [0.1, 0.15) is 0 Å². The Morgan fingerprint density at radius 1 is 1.27 bits per heavy atom. The first-order chi connectivity index (χ1) is 10.6. The van der Waals surface area contributed by atoms with Gasteiger partial charge in [-0.05, 0) is 49.3 Å². The molecule has 2 N–H and O–H groups in total. The summed E-state index contributed by atoms with van der Waals surface area (Å²) >= 11 is 3.44. The average molecular weight is 367 g/mol. The van der Waals surface area contributed by atoms with Gasteiger partial charge in [-0.2, -0.15) is 0 Å². The normalized spacial score (nSPS) is 24.3. The van der Waals surface area contributed by atoms with E-state index in [4.69, 9.17) is 5.11 Å². The Bertz CT molecular complexity index is 510. The molecule has 0 spiro atoms. The maximum Gasteiger partial charge on any atom is 0.317 e. The van der Waals surface area contributed by atoms with Crippen molar-refractivity contribution in [1.29, 1.82) is 0 Å². The molecular weight excluding hydrogens is 344 g/mol. The predicted molar refractivity (Wildman–Crippen MR) is 89.7 cm³/mol. The van der Waals surface area contributed by atoms with E-state index in [1.54, 1.807) is 0 Å². The number of carboxylic acid groups (broad SMARTS) is 1. The van der Waals surface area contributed by atoms with Gasteiger partial charge in [0.25, 0.3) is 0 Å². The van der Waals surface area contributed by atoms with E-state index >= 15 is 0 Å². The number of nitrogens with one attached hydrogen (secondary N) is 1. The summed E-state index contributed by atoms with van der Waals surface area (Å²) in [5, 5.41) is 12.6. The van der Waals surface area contributed by atoms with Gasteiger partial charge in [-0.3, -0.25) is 9.69 Å². The minimum atomic E-state index is -0.702. The van der Waals surface area contributed by atoms with Crippen LogP contribution in [-0.4, -0.2) is 41.1 Å². The highest BCUT2D eigenvalue weighted by atomic mass is 79.9. The summed E-state index contributed by atoms with van der Waals surface area (Å²) in [6, 6.07) is 9.33. The highest BCUT2D eigenvalue weighted by Gasteiger charge is 2.36. The lowest BCUT2D eigenvalue weighted by molar-refractivity contribution is -0.139. The Morgan fingerprint density at radius 2 is 1.95 bits per heavy atom. The van der Waals surface area contributed by atoms with Gasteiger partial charge in [-0.1, -0.05) is 28.1 Å². The molecule has 3 rings (SSSR count). The SMILES string of the molecule is O=C(O)CN(CC1CC1)C1CC(NCc2ccc(Br)cc2)C1. The molecule has 1 aromatic rings. The van der Waals surface area contributed by atoms with Crippen LogP contribution in [0.3, 0.4) is 0 Å². The number of rotatable bonds is 8. The third-order valence-electron chi connectivity index (χ3n) is 4.67. The molecule has 22 heavy (non-hydrogen) atoms. The topological polar surface area (TPSA) is 52.6 Å². The van der Waals surface area contributed by atoms with Crippen LogP contribution in [0.15, 0.2) is 28.7 Å². The molecule has 0 unspecified atom stereocenters. The van der Waals surface area contributed by atoms with E-state index in [2.05, 4.69) is 50.4 Å². The van der Waals surface area contributed by atoms with E-state index in [9.17, 15) is 4.79 Å². The number of hydrogen-bond donors (Lipinski definition) is 2. The molecule has 0 heterocycles. The number of carbonyl (C=O) groups is 1. The van der Waals surface area contributed by atoms with Crippen LogP contribution in [0.4, 0.5) is 0 Å². The second kappa shape index (κ2) is 7.11. The van der Waals surface area contributed by atoms with Crippen molar-refractivity contribution in [1.82, 2.24) is 10.2 Å². The van der Waals surface area contributed by atoms with Crippen LogP contribution in [0, 0.1) is 5.92 Å². The van der Waals surface area contributed by atoms with Gasteiger partial charge in [0.15, 0.2) is 0 Å². The lowest BCUT2D eigenvalue weighted by atomic mass is 9.85. The molecule has 1 aromatic carbocycles. The first kappa shape index (κ1) is 16.0. The molecule has 0 aliphatic heterocycles. The molecule has 0 aromatic heterocycles. The van der Waals surface area contributed by atoms with Gasteiger partial charge in [0, 0.05) is 29.6 Å². The van der Waals surface area contributed by atoms with Crippen molar-refractivity contribution < 1.29 is 9.90 Å². The largest absolute Gasteiger partial charge is 0.480 e. The summed E-state index contributed by atoms with van der Waals surface area (Å²) in [7, 11) is 0. The zero-order chi connectivity index (χ0) is 15.5. The minimum absolute atomic E-state index is 0.195. The molecule has 2 saturated carbocycles. The van der Waals surface area contributed by atoms with Gasteiger partial charge in [0.05, 0.1) is 6.54 Å². The summed E-state index contributed by atoms with van der Waals surface area (Å²) in [6.07, 6.45) is 4.68. The molecular formula is C17H23BrN2O2. The van der Waals surface area contributed by atoms with Crippen LogP contribution in [-0.2, 0) is 11.3 Å². The standard InChI is InChI=1S/C17H23BrN2O2/c18-14-5-3-12(4-6-14)9-19-15-7-16(8-15)20(11-17(21)22)10-13-1-2-13/h3-6,13,15-16,19H,1-2,7-11H2,(H,21,22). The van der Waals surface area contributed by atoms with Crippen molar-refractivity contribution >= 4 is 21.9 Å². The number of nitrogens with zero attached hydrogens (tertiary/aromatic N) is 1. The van der Waals surface area contributed by atoms with Gasteiger partial charge in [-0.25, -0.2) is 0 Å². The Hall–Kier alpha value is -0.910. The summed E-state index contributed by atoms with van der Waals surface area (Å²) in [6.45, 7) is 2.04. The molecule has 0 bridgehead atoms. The number of halogens is 1. The van der Waals surface area contributed by atoms with Gasteiger partial charge in [0.2, 0.25) is 0 Å². The van der Waals surface area contributed by atoms with E-state index in [1.807, 2.05) is 0 Å². The first-order valence-corrected chi connectivity index (χ1v) is 8.83. The smallest absolute Gasteiger partial charge is 0.317 e. The highest BCUT2D eigenvalue weighted by Crippen LogP contribution is 2.33. The third kappa shape index (κ3) is 4.54. The van der Waals surface area contributed by atoms with E-state index in [-0.39, 0.29) is 6.54 Å². The molecule has 4 nitrogen and oxygen atoms in total. The van der Waals surface area contributed by atoms with Crippen molar-refractivity contribution in [3.05, 3.63) is 34.3 Å². The number of aliphatic carboxylic acids is 1. The Labute approximate surface area is 140 Å². The van der Waals surface area contributed by atoms with E-state index < -0.39 is 5.97 Å². The first-order valence-electron chi connectivity index (χ1n) is 8.04. The summed E-state index contributed by atoms with van der Waals surface area (Å²) in [5.41, 5.74) is 1.28. The third-order valence-corrected chi connectivity index (χ3v) is 5.19. The van der Waals surface area contributed by atoms with Crippen LogP contribution in [0.2, 0.25) is 0 Å². The second-order valence-corrected chi connectivity index (χ2v) is 7.51. The molecule has 5 heteroatoms. The maximum atomic E-state index is 11.0. The van der Waals surface area contributed by atoms with Gasteiger partial charge < -0.3 is 10.4 Å². The molecule has 0 radical (unpaired) electrons. The summed E-state index contributed by atoms with van der Waals surface area (Å²) in [5.74, 6) is 0.0426. The molecule has 2 aliphatic rings. The Morgan fingerprint density at radius 3 is 2.55 bits per heavy atom. The number of benzene rings is 1. The van der Waals surface area contributed by atoms with Crippen molar-refractivity contribution in [2.45, 2.75) is 44.3 Å². The summed E-state index contributed by atoms with van der Waals surface area (Å²) in [4.78, 5) is 13.2. The quantitative estimate of drug-likeness (QED) is 0.742. The number of carboxylic acids is 1. The van der Waals surface area contributed by atoms with Crippen molar-refractivity contribution in [2.24, 2.45) is 5.92 Å². The fraction of sp³-hybridized carbons (Fsp3) is 0.588. The molecule has 120 valence electrons. The molecule has 2 aliphatic carbocycles. The van der Waals surface area contributed by atoms with Crippen LogP contribution in [0.1, 0.15) is 31.2 Å². The lowest BCUT2D eigenvalue weighted by Crippen LogP contribution is -2.54. The zero-order valence-electron chi connectivity index (χ0n) is 12.7. The van der Waals surface area contributed by atoms with Crippen LogP contribution in [0.5, 0.6) is 0 Å². The molecule has 2 fully saturated rings. The van der Waals surface area contributed by atoms with Gasteiger partial charge in [-0.15, -0.1) is 0 Å². The van der Waals surface area contributed by atoms with Crippen molar-refractivity contribution in [2.75, 3.05) is 13.1 Å². The fourth-order valence-electron chi connectivity index (χ4n) is 3.07. The highest BCUT2D eigenvalue weighted by molar-refractivity contribution is 9.10. The summed E-state index contributed by atoms with van der Waals surface area (Å²) < 4.78 is 1.10. The number of hydrogen-bond acceptors (Lipinski definition) is 3. The van der Waals surface area contributed by atoms with Crippen molar-refractivity contribution in [3.8, 4) is 0 Å². The van der Waals surface area contributed by atoms with Crippen LogP contribution in [0.25, 0.3) is 0 Å². The van der Waals surface area contributed by atoms with Crippen LogP contribution < -0.4 is 5.32 Å². The minimum Gasteiger partial charge on any atom is -0.480 e. The lowest BCUT2D eigenvalue weighted by Gasteiger charge is -2.43. The molecule has 0 atom stereocenters. The second-order valence-electron chi connectivity index (χ2n) is 6.60. The monoisotopic (exact) mass is 366 g/mol. The van der Waals surface area contributed by atoms with Gasteiger partial charge >= 0.3 is 5.97 Å². The van der Waals surface area contributed by atoms with E-state index in [1.165, 1.54) is 18.4 Å². The van der Waals surface area contributed by atoms with Crippen LogP contribution >= 0.6 is 15.9 Å². The zero-order valence-corrected chi connectivity index (χ0v) is 14.3. The molecule has 0 amide bonds. The average Bonchev–Trinajstić information content (AvgIpc) is 3.22. The maximum absolute atomic E-state index is 11.0. The molecule has 0 saturated heterocycles. The fourth-order valence-corrected chi connectivity index (χ4v) is 3.33. The van der Waals surface area contributed by atoms with E-state index in [0.29, 0.717) is 12.1 Å². The predicted octanol–water partition coefficient (Wildman–Crippen LogP) is 2.87. The van der Waals surface area contributed by atoms with E-state index in [0.717, 1.165) is 36.3 Å². The van der Waals surface area contributed by atoms with Crippen molar-refractivity contribution in [3.63, 3.8) is 0 Å².